The number of nitrogens with one attached hydrogen (secondary N) is 1. The number of Topliss-reactive ketones (excluding diaryl/α,β-unsaturated/α-hetero) is 2. The second-order valence-corrected chi connectivity index (χ2v) is 10.5. The zero-order chi connectivity index (χ0) is 26.9. The highest BCUT2D eigenvalue weighted by Gasteiger charge is 2.70. The molecule has 0 radical (unpaired) electrons. The lowest BCUT2D eigenvalue weighted by molar-refractivity contribution is -0.192. The summed E-state index contributed by atoms with van der Waals surface area (Å²) in [6.07, 6.45) is -1.44. The SMILES string of the molecule is C=C(C)CNC1C2C(=O)c3c(O)cccc3[C@H](C)C2[C@H](O)C2[C@H](N(C)C)C(O)=C(C(N)=O)C(=O)[C@@]12O. The van der Waals surface area contributed by atoms with Crippen molar-refractivity contribution in [2.75, 3.05) is 20.6 Å². The van der Waals surface area contributed by atoms with Crippen molar-refractivity contribution in [1.29, 1.82) is 0 Å². The van der Waals surface area contributed by atoms with Gasteiger partial charge in [0.2, 0.25) is 5.78 Å². The molecule has 0 aliphatic heterocycles. The van der Waals surface area contributed by atoms with E-state index in [2.05, 4.69) is 11.9 Å². The van der Waals surface area contributed by atoms with Gasteiger partial charge in [0, 0.05) is 24.3 Å². The Bertz CT molecular complexity index is 1190. The maximum Gasteiger partial charge on any atom is 0.255 e. The number of likely N-dealkylation sites (N-methyl/N-ethyl adjacent to an activating group) is 1. The molecule has 10 nitrogen and oxygen atoms in total. The molecule has 0 saturated heterocycles. The van der Waals surface area contributed by atoms with E-state index in [9.17, 15) is 34.8 Å². The smallest absolute Gasteiger partial charge is 0.255 e. The lowest BCUT2D eigenvalue weighted by Crippen LogP contribution is -2.78. The number of rotatable bonds is 5. The summed E-state index contributed by atoms with van der Waals surface area (Å²) in [5, 5.41) is 48.6. The number of aliphatic hydroxyl groups excluding tert-OH is 2. The number of fused-ring (bicyclic) bond motifs is 3. The largest absolute Gasteiger partial charge is 0.510 e. The van der Waals surface area contributed by atoms with Crippen LogP contribution < -0.4 is 11.1 Å². The molecule has 0 aromatic heterocycles. The molecule has 1 aromatic rings. The van der Waals surface area contributed by atoms with Gasteiger partial charge in [-0.1, -0.05) is 31.2 Å². The minimum Gasteiger partial charge on any atom is -0.510 e. The first kappa shape index (κ1) is 26.0. The van der Waals surface area contributed by atoms with E-state index in [1.54, 1.807) is 33.2 Å². The molecular formula is C26H33N3O7. The van der Waals surface area contributed by atoms with Crippen molar-refractivity contribution in [3.05, 3.63) is 52.8 Å². The number of aromatic hydroxyl groups is 1. The van der Waals surface area contributed by atoms with Crippen molar-refractivity contribution in [2.45, 2.75) is 43.6 Å². The predicted molar refractivity (Wildman–Crippen MR) is 130 cm³/mol. The van der Waals surface area contributed by atoms with Crippen LogP contribution in [-0.2, 0) is 9.59 Å². The van der Waals surface area contributed by atoms with Gasteiger partial charge in [0.1, 0.15) is 17.1 Å². The topological polar surface area (TPSA) is 173 Å². The Kier molecular flexibility index (Phi) is 6.37. The summed E-state index contributed by atoms with van der Waals surface area (Å²) in [6, 6.07) is 2.27. The Hall–Kier alpha value is -3.05. The number of benzene rings is 1. The van der Waals surface area contributed by atoms with Crippen molar-refractivity contribution in [3.8, 4) is 5.75 Å². The van der Waals surface area contributed by atoms with Crippen LogP contribution in [0.4, 0.5) is 0 Å². The highest BCUT2D eigenvalue weighted by atomic mass is 16.3. The second kappa shape index (κ2) is 8.81. The second-order valence-electron chi connectivity index (χ2n) is 10.5. The van der Waals surface area contributed by atoms with Crippen LogP contribution in [0.2, 0.25) is 0 Å². The third-order valence-corrected chi connectivity index (χ3v) is 8.10. The van der Waals surface area contributed by atoms with Gasteiger partial charge in [-0.05, 0) is 38.6 Å². The molecule has 1 amide bonds. The van der Waals surface area contributed by atoms with Crippen molar-refractivity contribution in [2.24, 2.45) is 23.5 Å². The maximum atomic E-state index is 13.9. The molecule has 3 aliphatic carbocycles. The van der Waals surface area contributed by atoms with Gasteiger partial charge in [-0.25, -0.2) is 0 Å². The fourth-order valence-electron chi connectivity index (χ4n) is 6.65. The number of phenols is 1. The van der Waals surface area contributed by atoms with E-state index in [4.69, 9.17) is 5.73 Å². The molecule has 1 aromatic carbocycles. The summed E-state index contributed by atoms with van der Waals surface area (Å²) in [4.78, 5) is 41.4. The number of phenolic OH excluding ortho intramolecular Hbond substituents is 1. The zero-order valence-corrected chi connectivity index (χ0v) is 20.7. The van der Waals surface area contributed by atoms with E-state index in [1.807, 2.05) is 6.92 Å². The van der Waals surface area contributed by atoms with Gasteiger partial charge in [0.15, 0.2) is 11.4 Å². The Labute approximate surface area is 209 Å². The van der Waals surface area contributed by atoms with Crippen LogP contribution in [0.3, 0.4) is 0 Å². The molecule has 3 aliphatic rings. The summed E-state index contributed by atoms with van der Waals surface area (Å²) < 4.78 is 0. The lowest BCUT2D eigenvalue weighted by atomic mass is 9.49. The van der Waals surface area contributed by atoms with E-state index in [1.165, 1.54) is 11.0 Å². The molecule has 1 saturated carbocycles. The van der Waals surface area contributed by atoms with Gasteiger partial charge < -0.3 is 31.5 Å². The number of nitrogens with zero attached hydrogens (tertiary/aromatic N) is 1. The average molecular weight is 500 g/mol. The Morgan fingerprint density at radius 1 is 1.25 bits per heavy atom. The van der Waals surface area contributed by atoms with E-state index < -0.39 is 76.3 Å². The van der Waals surface area contributed by atoms with Crippen LogP contribution in [0.5, 0.6) is 5.75 Å². The van der Waals surface area contributed by atoms with Crippen LogP contribution in [0, 0.1) is 17.8 Å². The number of amides is 1. The number of hydrogen-bond acceptors (Lipinski definition) is 9. The van der Waals surface area contributed by atoms with Crippen molar-refractivity contribution >= 4 is 17.5 Å². The molecule has 7 N–H and O–H groups in total. The molecule has 0 bridgehead atoms. The van der Waals surface area contributed by atoms with E-state index in [0.717, 1.165) is 0 Å². The van der Waals surface area contributed by atoms with Gasteiger partial charge in [0.25, 0.3) is 5.91 Å². The number of carbonyl (C=O) groups excluding carboxylic acids is 3. The fraction of sp³-hybridized carbons (Fsp3) is 0.500. The van der Waals surface area contributed by atoms with Gasteiger partial charge in [0.05, 0.1) is 23.8 Å². The molecule has 10 heteroatoms. The number of hydrogen-bond donors (Lipinski definition) is 6. The molecule has 36 heavy (non-hydrogen) atoms. The van der Waals surface area contributed by atoms with Crippen molar-refractivity contribution in [1.82, 2.24) is 10.2 Å². The van der Waals surface area contributed by atoms with Crippen LogP contribution in [-0.4, -0.2) is 87.2 Å². The first-order valence-corrected chi connectivity index (χ1v) is 11.8. The number of carbonyl (C=O) groups is 3. The fourth-order valence-corrected chi connectivity index (χ4v) is 6.65. The Morgan fingerprint density at radius 3 is 2.44 bits per heavy atom. The molecule has 1 fully saturated rings. The van der Waals surface area contributed by atoms with Gasteiger partial charge in [-0.2, -0.15) is 0 Å². The predicted octanol–water partition coefficient (Wildman–Crippen LogP) is -0.00920. The van der Waals surface area contributed by atoms with Crippen LogP contribution in [0.1, 0.15) is 35.7 Å². The van der Waals surface area contributed by atoms with Gasteiger partial charge in [-0.15, -0.1) is 0 Å². The minimum atomic E-state index is -2.49. The summed E-state index contributed by atoms with van der Waals surface area (Å²) in [7, 11) is 3.15. The van der Waals surface area contributed by atoms with Crippen LogP contribution in [0.15, 0.2) is 41.7 Å². The number of nitrogens with two attached hydrogens (primary N) is 1. The first-order valence-electron chi connectivity index (χ1n) is 11.8. The van der Waals surface area contributed by atoms with E-state index >= 15 is 0 Å². The standard InChI is InChI=1S/C26H33N3O7/c1-10(2)9-28-23-16-14(11(3)12-7-6-8-13(30)15(12)20(16)31)21(32)18-19(29(4)5)22(33)17(25(27)35)24(34)26(18,23)36/h6-8,11,14,16,18-19,21,23,28,30,32-33,36H,1,9H2,2-5H3,(H2,27,35)/t11-,14?,16?,18?,19-,21-,23?,26-/m0/s1. The first-order chi connectivity index (χ1) is 16.8. The molecule has 194 valence electrons. The van der Waals surface area contributed by atoms with Gasteiger partial charge in [-0.3, -0.25) is 19.3 Å². The normalized spacial score (nSPS) is 35.8. The monoisotopic (exact) mass is 499 g/mol. The summed E-state index contributed by atoms with van der Waals surface area (Å²) >= 11 is 0. The van der Waals surface area contributed by atoms with Crippen LogP contribution >= 0.6 is 0 Å². The quantitative estimate of drug-likeness (QED) is 0.241. The molecule has 0 heterocycles. The Morgan fingerprint density at radius 2 is 1.89 bits per heavy atom. The molecular weight excluding hydrogens is 466 g/mol. The minimum absolute atomic E-state index is 0.0727. The highest BCUT2D eigenvalue weighted by Crippen LogP contribution is 2.56. The average Bonchev–Trinajstić information content (AvgIpc) is 2.77. The summed E-state index contributed by atoms with van der Waals surface area (Å²) in [5.41, 5.74) is 3.47. The zero-order valence-electron chi connectivity index (χ0n) is 20.7. The van der Waals surface area contributed by atoms with Crippen LogP contribution in [0.25, 0.3) is 0 Å². The highest BCUT2D eigenvalue weighted by molar-refractivity contribution is 6.23. The summed E-state index contributed by atoms with van der Waals surface area (Å²) in [6.45, 7) is 7.51. The van der Waals surface area contributed by atoms with E-state index in [-0.39, 0.29) is 17.9 Å². The van der Waals surface area contributed by atoms with E-state index in [0.29, 0.717) is 11.1 Å². The molecule has 8 atom stereocenters. The lowest BCUT2D eigenvalue weighted by Gasteiger charge is -2.60. The third-order valence-electron chi connectivity index (χ3n) is 8.10. The van der Waals surface area contributed by atoms with Crippen molar-refractivity contribution < 1.29 is 34.8 Å². The maximum absolute atomic E-state index is 13.9. The summed E-state index contributed by atoms with van der Waals surface area (Å²) in [5.74, 6) is -7.46. The molecule has 4 rings (SSSR count). The van der Waals surface area contributed by atoms with Crippen molar-refractivity contribution in [3.63, 3.8) is 0 Å². The number of ketones is 2. The number of primary amides is 1. The van der Waals surface area contributed by atoms with Gasteiger partial charge >= 0.3 is 0 Å². The number of aliphatic hydroxyl groups is 3. The third kappa shape index (κ3) is 3.43. The molecule has 0 spiro atoms. The molecule has 4 unspecified atom stereocenters. The Balaban J connectivity index is 2.02.